The normalized spacial score (nSPS) is 41.2. The Hall–Kier alpha value is 0.570. The second kappa shape index (κ2) is 6.77. The zero-order chi connectivity index (χ0) is 14.9. The molecule has 0 amide bonds. The number of methoxy groups -OCH3 is 1. The lowest BCUT2D eigenvalue weighted by molar-refractivity contribution is -0.0789. The second-order valence-electron chi connectivity index (χ2n) is 6.91. The van der Waals surface area contributed by atoms with Gasteiger partial charge in [-0.2, -0.15) is 0 Å². The summed E-state index contributed by atoms with van der Waals surface area (Å²) < 4.78 is 8.17. The van der Waals surface area contributed by atoms with Crippen LogP contribution in [0, 0.1) is 0 Å². The van der Waals surface area contributed by atoms with Gasteiger partial charge in [0.2, 0.25) is 0 Å². The Morgan fingerprint density at radius 2 is 1.85 bits per heavy atom. The fourth-order valence-corrected chi connectivity index (χ4v) is 4.27. The first-order valence-corrected chi connectivity index (χ1v) is 8.67. The van der Waals surface area contributed by atoms with E-state index in [0.29, 0.717) is 18.1 Å². The van der Waals surface area contributed by atoms with Crippen LogP contribution >= 0.6 is 22.9 Å². The van der Waals surface area contributed by atoms with Crippen molar-refractivity contribution in [2.24, 2.45) is 0 Å². The topological polar surface area (TPSA) is 19.0 Å². The molecule has 2 saturated heterocycles. The van der Waals surface area contributed by atoms with Crippen LogP contribution in [0.25, 0.3) is 0 Å². The van der Waals surface area contributed by atoms with Gasteiger partial charge in [0.1, 0.15) is 0 Å². The number of ether oxygens (including phenoxy) is 1. The van der Waals surface area contributed by atoms with E-state index in [-0.39, 0.29) is 5.60 Å². The van der Waals surface area contributed by atoms with E-state index in [2.05, 4.69) is 63.8 Å². The highest BCUT2D eigenvalue weighted by Crippen LogP contribution is 2.34. The number of likely N-dealkylation sites (N-methyl/N-ethyl adjacent to an activating group) is 2. The fourth-order valence-electron chi connectivity index (χ4n) is 3.76. The van der Waals surface area contributed by atoms with E-state index in [1.54, 1.807) is 0 Å². The summed E-state index contributed by atoms with van der Waals surface area (Å²) in [6, 6.07) is 1.96. The molecule has 2 aliphatic rings. The molecule has 0 radical (unpaired) electrons. The monoisotopic (exact) mass is 395 g/mol. The maximum Gasteiger partial charge on any atom is 0.0678 e. The lowest BCUT2D eigenvalue weighted by Gasteiger charge is -2.50. The van der Waals surface area contributed by atoms with Crippen LogP contribution in [0.5, 0.6) is 0 Å². The van der Waals surface area contributed by atoms with Gasteiger partial charge in [-0.25, -0.2) is 3.11 Å². The van der Waals surface area contributed by atoms with Crippen molar-refractivity contribution in [2.45, 2.75) is 56.3 Å². The van der Waals surface area contributed by atoms with Gasteiger partial charge in [-0.05, 0) is 60.3 Å². The molecule has 0 aromatic heterocycles. The van der Waals surface area contributed by atoms with Crippen LogP contribution < -0.4 is 0 Å². The lowest BCUT2D eigenvalue weighted by atomic mass is 9.81. The van der Waals surface area contributed by atoms with Crippen LogP contribution in [0.15, 0.2) is 0 Å². The van der Waals surface area contributed by atoms with E-state index >= 15 is 0 Å². The van der Waals surface area contributed by atoms with Gasteiger partial charge in [-0.15, -0.1) is 0 Å². The van der Waals surface area contributed by atoms with Gasteiger partial charge in [0, 0.05) is 54.6 Å². The lowest BCUT2D eigenvalue weighted by Crippen LogP contribution is -2.60. The molecule has 0 aromatic carbocycles. The number of likely N-dealkylation sites (tertiary alicyclic amines) is 2. The van der Waals surface area contributed by atoms with Crippen LogP contribution in [-0.4, -0.2) is 78.0 Å². The highest BCUT2D eigenvalue weighted by Gasteiger charge is 2.42. The number of hydrogen-bond donors (Lipinski definition) is 0. The molecule has 5 heteroatoms. The Kier molecular flexibility index (Phi) is 5.73. The number of rotatable bonds is 3. The fraction of sp³-hybridized carbons (Fsp3) is 1.00. The summed E-state index contributed by atoms with van der Waals surface area (Å²) in [6.07, 6.45) is 4.84. The quantitative estimate of drug-likeness (QED) is 0.539. The zero-order valence-electron chi connectivity index (χ0n) is 13.6. The van der Waals surface area contributed by atoms with Gasteiger partial charge in [0.25, 0.3) is 0 Å². The Labute approximate surface area is 138 Å². The van der Waals surface area contributed by atoms with E-state index < -0.39 is 0 Å². The minimum atomic E-state index is 0.0567. The third-order valence-electron chi connectivity index (χ3n) is 5.54. The SMILES string of the molecule is COC1(C)CCN(C)C(C2CC(N(C)I)CCN2C)C1. The maximum absolute atomic E-state index is 5.80. The molecule has 0 aliphatic carbocycles. The molecule has 2 heterocycles. The summed E-state index contributed by atoms with van der Waals surface area (Å²) in [7, 11) is 8.65. The van der Waals surface area contributed by atoms with Gasteiger partial charge in [0.05, 0.1) is 5.60 Å². The van der Waals surface area contributed by atoms with Crippen molar-refractivity contribution in [1.29, 1.82) is 0 Å². The highest BCUT2D eigenvalue weighted by atomic mass is 127. The molecule has 2 aliphatic heterocycles. The third-order valence-corrected chi connectivity index (χ3v) is 6.32. The number of piperidine rings is 2. The van der Waals surface area contributed by atoms with Crippen molar-refractivity contribution in [1.82, 2.24) is 12.9 Å². The molecule has 4 nitrogen and oxygen atoms in total. The third kappa shape index (κ3) is 3.66. The summed E-state index contributed by atoms with van der Waals surface area (Å²) in [5.74, 6) is 0. The summed E-state index contributed by atoms with van der Waals surface area (Å²) in [4.78, 5) is 5.12. The molecule has 0 spiro atoms. The minimum Gasteiger partial charge on any atom is -0.378 e. The molecule has 2 rings (SSSR count). The summed E-state index contributed by atoms with van der Waals surface area (Å²) >= 11 is 2.45. The molecule has 20 heavy (non-hydrogen) atoms. The second-order valence-corrected chi connectivity index (χ2v) is 8.43. The molecule has 4 unspecified atom stereocenters. The van der Waals surface area contributed by atoms with Gasteiger partial charge in [-0.1, -0.05) is 0 Å². The summed E-state index contributed by atoms with van der Waals surface area (Å²) in [5.41, 5.74) is 0.0567. The first kappa shape index (κ1) is 16.9. The van der Waals surface area contributed by atoms with E-state index in [1.807, 2.05) is 7.11 Å². The number of halogens is 1. The Morgan fingerprint density at radius 3 is 2.45 bits per heavy atom. The predicted molar refractivity (Wildman–Crippen MR) is 92.3 cm³/mol. The maximum atomic E-state index is 5.80. The molecule has 0 saturated carbocycles. The molecule has 0 bridgehead atoms. The van der Waals surface area contributed by atoms with E-state index in [4.69, 9.17) is 4.74 Å². The molecule has 118 valence electrons. The van der Waals surface area contributed by atoms with E-state index in [9.17, 15) is 0 Å². The molecule has 4 atom stereocenters. The van der Waals surface area contributed by atoms with Crippen molar-refractivity contribution in [3.63, 3.8) is 0 Å². The average molecular weight is 395 g/mol. The van der Waals surface area contributed by atoms with Crippen molar-refractivity contribution in [3.05, 3.63) is 0 Å². The molecular formula is C15H30IN3O. The Morgan fingerprint density at radius 1 is 1.20 bits per heavy atom. The van der Waals surface area contributed by atoms with Gasteiger partial charge >= 0.3 is 0 Å². The smallest absolute Gasteiger partial charge is 0.0678 e. The number of hydrogen-bond acceptors (Lipinski definition) is 4. The van der Waals surface area contributed by atoms with E-state index in [0.717, 1.165) is 19.4 Å². The molecular weight excluding hydrogens is 365 g/mol. The van der Waals surface area contributed by atoms with Crippen LogP contribution in [0.1, 0.15) is 32.6 Å². The van der Waals surface area contributed by atoms with Crippen LogP contribution in [0.3, 0.4) is 0 Å². The highest BCUT2D eigenvalue weighted by molar-refractivity contribution is 14.1. The van der Waals surface area contributed by atoms with Crippen LogP contribution in [-0.2, 0) is 4.74 Å². The van der Waals surface area contributed by atoms with Crippen molar-refractivity contribution in [3.8, 4) is 0 Å². The molecule has 2 fully saturated rings. The van der Waals surface area contributed by atoms with Gasteiger partial charge in [-0.3, -0.25) is 0 Å². The minimum absolute atomic E-state index is 0.0567. The zero-order valence-corrected chi connectivity index (χ0v) is 15.8. The van der Waals surface area contributed by atoms with Crippen LogP contribution in [0.2, 0.25) is 0 Å². The predicted octanol–water partition coefficient (Wildman–Crippen LogP) is 2.23. The van der Waals surface area contributed by atoms with Gasteiger partial charge < -0.3 is 14.5 Å². The van der Waals surface area contributed by atoms with E-state index in [1.165, 1.54) is 19.4 Å². The van der Waals surface area contributed by atoms with Gasteiger partial charge in [0.15, 0.2) is 0 Å². The summed E-state index contributed by atoms with van der Waals surface area (Å²) in [6.45, 7) is 4.62. The molecule has 0 aromatic rings. The average Bonchev–Trinajstić information content (AvgIpc) is 2.42. The summed E-state index contributed by atoms with van der Waals surface area (Å²) in [5, 5.41) is 0. The largest absolute Gasteiger partial charge is 0.378 e. The van der Waals surface area contributed by atoms with Crippen LogP contribution in [0.4, 0.5) is 0 Å². The Bertz CT molecular complexity index is 328. The van der Waals surface area contributed by atoms with Crippen molar-refractivity contribution >= 4 is 22.9 Å². The first-order chi connectivity index (χ1) is 9.36. The van der Waals surface area contributed by atoms with Crippen molar-refractivity contribution < 1.29 is 4.74 Å². The van der Waals surface area contributed by atoms with Crippen molar-refractivity contribution in [2.75, 3.05) is 41.3 Å². The first-order valence-electron chi connectivity index (χ1n) is 7.70. The molecule has 0 N–H and O–H groups in total. The standard InChI is InChI=1S/C15H30IN3O/c1-15(20-5)7-9-18(3)14(11-15)13-10-12(19(4)16)6-8-17(13)2/h12-14H,6-11H2,1-5H3. The number of nitrogens with zero attached hydrogens (tertiary/aromatic N) is 3. The Balaban J connectivity index is 2.10.